The number of H-pyrrole nitrogens is 1. The van der Waals surface area contributed by atoms with E-state index in [1.54, 1.807) is 43.3 Å². The molecule has 4 rings (SSSR count). The molecule has 0 aliphatic rings. The molecule has 0 fully saturated rings. The van der Waals surface area contributed by atoms with E-state index in [2.05, 4.69) is 4.98 Å². The molecule has 7 heteroatoms. The van der Waals surface area contributed by atoms with Gasteiger partial charge >= 0.3 is 11.9 Å². The number of aromatic nitrogens is 1. The average molecular weight is 441 g/mol. The van der Waals surface area contributed by atoms with E-state index in [0.29, 0.717) is 35.6 Å². The summed E-state index contributed by atoms with van der Waals surface area (Å²) in [6.45, 7) is 2.07. The van der Waals surface area contributed by atoms with Gasteiger partial charge in [-0.25, -0.2) is 9.59 Å². The molecule has 166 valence electrons. The van der Waals surface area contributed by atoms with Gasteiger partial charge in [-0.15, -0.1) is 0 Å². The number of nitrogen functional groups attached to an aromatic ring is 1. The fraction of sp³-hybridized carbons (Fsp3) is 0.115. The first-order chi connectivity index (χ1) is 16.0. The van der Waals surface area contributed by atoms with Gasteiger partial charge < -0.3 is 20.2 Å². The molecule has 4 aromatic rings. The summed E-state index contributed by atoms with van der Waals surface area (Å²) >= 11 is 0. The molecule has 1 aromatic heterocycles. The second kappa shape index (κ2) is 9.40. The van der Waals surface area contributed by atoms with Gasteiger partial charge in [0, 0.05) is 22.9 Å². The van der Waals surface area contributed by atoms with Gasteiger partial charge in [-0.3, -0.25) is 5.41 Å². The van der Waals surface area contributed by atoms with Crippen LogP contribution in [0.2, 0.25) is 0 Å². The number of carbonyl (C=O) groups excluding carboxylic acids is 2. The summed E-state index contributed by atoms with van der Waals surface area (Å²) in [5.41, 5.74) is 9.49. The Morgan fingerprint density at radius 3 is 2.24 bits per heavy atom. The largest absolute Gasteiger partial charge is 0.461 e. The number of benzene rings is 3. The van der Waals surface area contributed by atoms with Crippen LogP contribution < -0.4 is 10.5 Å². The molecule has 0 saturated heterocycles. The number of rotatable bonds is 7. The van der Waals surface area contributed by atoms with Crippen LogP contribution in [0.4, 0.5) is 0 Å². The average Bonchev–Trinajstić information content (AvgIpc) is 3.18. The number of hydrogen-bond donors (Lipinski definition) is 3. The zero-order valence-corrected chi connectivity index (χ0v) is 18.1. The van der Waals surface area contributed by atoms with Crippen molar-refractivity contribution in [2.75, 3.05) is 6.61 Å². The van der Waals surface area contributed by atoms with E-state index in [1.807, 2.05) is 36.4 Å². The number of amidine groups is 1. The monoisotopic (exact) mass is 441 g/mol. The normalized spacial score (nSPS) is 10.7. The van der Waals surface area contributed by atoms with Crippen LogP contribution in [0.1, 0.15) is 44.5 Å². The van der Waals surface area contributed by atoms with Crippen molar-refractivity contribution in [2.24, 2.45) is 5.73 Å². The van der Waals surface area contributed by atoms with Gasteiger partial charge in [-0.2, -0.15) is 0 Å². The molecule has 7 nitrogen and oxygen atoms in total. The van der Waals surface area contributed by atoms with Crippen molar-refractivity contribution in [3.05, 3.63) is 101 Å². The van der Waals surface area contributed by atoms with Gasteiger partial charge in [0.2, 0.25) is 0 Å². The lowest BCUT2D eigenvalue weighted by atomic mass is 10.0. The van der Waals surface area contributed by atoms with Gasteiger partial charge in [0.05, 0.1) is 12.2 Å². The van der Waals surface area contributed by atoms with E-state index in [1.165, 1.54) is 0 Å². The van der Waals surface area contributed by atoms with E-state index in [0.717, 1.165) is 22.0 Å². The lowest BCUT2D eigenvalue weighted by molar-refractivity contribution is 0.0519. The Hall–Kier alpha value is -4.39. The van der Waals surface area contributed by atoms with E-state index in [9.17, 15) is 9.59 Å². The van der Waals surface area contributed by atoms with Gasteiger partial charge in [0.15, 0.2) is 0 Å². The molecule has 0 saturated carbocycles. The number of fused-ring (bicyclic) bond motifs is 1. The molecule has 4 N–H and O–H groups in total. The summed E-state index contributed by atoms with van der Waals surface area (Å²) < 4.78 is 10.6. The molecule has 0 spiro atoms. The number of nitrogens with one attached hydrogen (secondary N) is 2. The lowest BCUT2D eigenvalue weighted by Gasteiger charge is -2.08. The summed E-state index contributed by atoms with van der Waals surface area (Å²) in [6.07, 6.45) is 0.500. The van der Waals surface area contributed by atoms with Crippen LogP contribution in [0.25, 0.3) is 10.9 Å². The van der Waals surface area contributed by atoms with Crippen LogP contribution in [0, 0.1) is 5.41 Å². The Labute approximate surface area is 190 Å². The summed E-state index contributed by atoms with van der Waals surface area (Å²) in [4.78, 5) is 28.1. The highest BCUT2D eigenvalue weighted by Gasteiger charge is 2.19. The van der Waals surface area contributed by atoms with Crippen LogP contribution in [-0.2, 0) is 11.2 Å². The number of ether oxygens (including phenoxy) is 2. The van der Waals surface area contributed by atoms with Crippen LogP contribution in [-0.4, -0.2) is 29.4 Å². The van der Waals surface area contributed by atoms with E-state index in [-0.39, 0.29) is 11.8 Å². The summed E-state index contributed by atoms with van der Waals surface area (Å²) in [5, 5.41) is 8.37. The third kappa shape index (κ3) is 4.77. The Morgan fingerprint density at radius 2 is 1.58 bits per heavy atom. The predicted octanol–water partition coefficient (Wildman–Crippen LogP) is 4.44. The molecule has 0 aliphatic carbocycles. The van der Waals surface area contributed by atoms with Crippen LogP contribution in [0.15, 0.2) is 72.8 Å². The standard InChI is InChI=1S/C26H23N3O4/c1-2-32-26(31)23-21(20-5-3-4-6-22(20)29-23)15-16-7-9-18(10-8-16)25(30)33-19-13-11-17(12-14-19)24(27)28/h3-14,29H,2,15H2,1H3,(H3,27,28). The zero-order valence-electron chi connectivity index (χ0n) is 18.1. The third-order valence-electron chi connectivity index (χ3n) is 5.24. The lowest BCUT2D eigenvalue weighted by Crippen LogP contribution is -2.11. The molecule has 1 heterocycles. The third-order valence-corrected chi connectivity index (χ3v) is 5.24. The van der Waals surface area contributed by atoms with Crippen molar-refractivity contribution in [1.29, 1.82) is 5.41 Å². The van der Waals surface area contributed by atoms with Crippen molar-refractivity contribution in [3.8, 4) is 5.75 Å². The summed E-state index contributed by atoms with van der Waals surface area (Å²) in [5.74, 6) is -0.562. The molecule has 0 aliphatic heterocycles. The minimum atomic E-state index is -0.489. The number of aromatic amines is 1. The summed E-state index contributed by atoms with van der Waals surface area (Å²) in [7, 11) is 0. The number of nitrogens with two attached hydrogens (primary N) is 1. The Kier molecular flexibility index (Phi) is 6.22. The second-order valence-corrected chi connectivity index (χ2v) is 7.45. The van der Waals surface area contributed by atoms with Crippen LogP contribution >= 0.6 is 0 Å². The van der Waals surface area contributed by atoms with E-state index >= 15 is 0 Å². The maximum Gasteiger partial charge on any atom is 0.355 e. The Morgan fingerprint density at radius 1 is 0.909 bits per heavy atom. The quantitative estimate of drug-likeness (QED) is 0.170. The zero-order chi connectivity index (χ0) is 23.4. The Balaban J connectivity index is 1.52. The molecule has 33 heavy (non-hydrogen) atoms. The van der Waals surface area contributed by atoms with Gasteiger partial charge in [-0.1, -0.05) is 30.3 Å². The van der Waals surface area contributed by atoms with Crippen molar-refractivity contribution < 1.29 is 19.1 Å². The molecule has 0 amide bonds. The van der Waals surface area contributed by atoms with Gasteiger partial charge in [0.25, 0.3) is 0 Å². The first-order valence-corrected chi connectivity index (χ1v) is 10.5. The molecule has 0 atom stereocenters. The van der Waals surface area contributed by atoms with Crippen molar-refractivity contribution in [3.63, 3.8) is 0 Å². The predicted molar refractivity (Wildman–Crippen MR) is 126 cm³/mol. The van der Waals surface area contributed by atoms with Gasteiger partial charge in [0.1, 0.15) is 17.3 Å². The number of esters is 2. The highest BCUT2D eigenvalue weighted by molar-refractivity contribution is 5.98. The van der Waals surface area contributed by atoms with Crippen molar-refractivity contribution >= 4 is 28.7 Å². The van der Waals surface area contributed by atoms with E-state index in [4.69, 9.17) is 20.6 Å². The van der Waals surface area contributed by atoms with Crippen molar-refractivity contribution in [1.82, 2.24) is 4.98 Å². The van der Waals surface area contributed by atoms with Crippen molar-refractivity contribution in [2.45, 2.75) is 13.3 Å². The molecular weight excluding hydrogens is 418 g/mol. The van der Waals surface area contributed by atoms with Crippen LogP contribution in [0.5, 0.6) is 5.75 Å². The first-order valence-electron chi connectivity index (χ1n) is 10.5. The van der Waals surface area contributed by atoms with Gasteiger partial charge in [-0.05, 0) is 60.5 Å². The minimum Gasteiger partial charge on any atom is -0.461 e. The molecule has 0 radical (unpaired) electrons. The molecule has 0 unspecified atom stereocenters. The smallest absolute Gasteiger partial charge is 0.355 e. The number of para-hydroxylation sites is 1. The minimum absolute atomic E-state index is 0.0511. The second-order valence-electron chi connectivity index (χ2n) is 7.45. The maximum atomic E-state index is 12.5. The highest BCUT2D eigenvalue weighted by Crippen LogP contribution is 2.26. The summed E-state index contributed by atoms with van der Waals surface area (Å²) in [6, 6.07) is 21.2. The fourth-order valence-electron chi connectivity index (χ4n) is 3.59. The SMILES string of the molecule is CCOC(=O)c1[nH]c2ccccc2c1Cc1ccc(C(=O)Oc2ccc(C(=N)N)cc2)cc1. The first kappa shape index (κ1) is 21.8. The van der Waals surface area contributed by atoms with E-state index < -0.39 is 5.97 Å². The topological polar surface area (TPSA) is 118 Å². The van der Waals surface area contributed by atoms with Crippen LogP contribution in [0.3, 0.4) is 0 Å². The molecule has 3 aromatic carbocycles. The highest BCUT2D eigenvalue weighted by atomic mass is 16.5. The Bertz CT molecular complexity index is 1320. The number of hydrogen-bond acceptors (Lipinski definition) is 5. The molecule has 0 bridgehead atoms. The molecular formula is C26H23N3O4. The number of carbonyl (C=O) groups is 2. The maximum absolute atomic E-state index is 12.5. The fourth-order valence-corrected chi connectivity index (χ4v) is 3.59.